The van der Waals surface area contributed by atoms with Crippen LogP contribution in [0.5, 0.6) is 11.5 Å². The second-order valence-corrected chi connectivity index (χ2v) is 13.7. The summed E-state index contributed by atoms with van der Waals surface area (Å²) in [6.07, 6.45) is -6.63. The summed E-state index contributed by atoms with van der Waals surface area (Å²) < 4.78 is 102. The fourth-order valence-corrected chi connectivity index (χ4v) is 6.83. The fraction of sp³-hybridized carbons (Fsp3) is 0.559. The molecule has 0 spiro atoms. The Balaban J connectivity index is 0.000000587. The normalized spacial score (nSPS) is 20.2. The molecule has 2 aromatic carbocycles. The van der Waals surface area contributed by atoms with Gasteiger partial charge < -0.3 is 35.2 Å². The van der Waals surface area contributed by atoms with Crippen molar-refractivity contribution in [1.29, 1.82) is 0 Å². The van der Waals surface area contributed by atoms with Crippen LogP contribution in [-0.2, 0) is 15.0 Å². The van der Waals surface area contributed by atoms with Crippen molar-refractivity contribution < 1.29 is 69.2 Å². The smallest absolute Gasteiger partial charge is 0.490 e. The maximum atomic E-state index is 13.6. The van der Waals surface area contributed by atoms with Crippen LogP contribution in [0.2, 0.25) is 0 Å². The topological polar surface area (TPSA) is 141 Å². The molecule has 2 amide bonds. The molecule has 4 N–H and O–H groups in total. The van der Waals surface area contributed by atoms with Crippen molar-refractivity contribution in [3.63, 3.8) is 0 Å². The van der Waals surface area contributed by atoms with E-state index in [4.69, 9.17) is 29.3 Å². The van der Waals surface area contributed by atoms with Gasteiger partial charge in [0.15, 0.2) is 23.1 Å². The number of carbonyl (C=O) groups is 3. The standard InChI is InChI=1S/C30H42F2N4O3.2C2HF3O2/c1-29(2,18-35(3)4)19-36-14-13-30(20-7-10-25(38-5)26(15-20)39-6)12-11-22(17-27(30)36)34-28(37)33-21-8-9-23(31)24(32)16-21;2*3-2(4,5)1(6)7/h7-10,15-16,22,27H,11-14,17-19H2,1-6H3,(H2,33,34,37);2*(H,6,7). The van der Waals surface area contributed by atoms with E-state index in [1.165, 1.54) is 11.6 Å². The first-order chi connectivity index (χ1) is 24.3. The molecule has 1 heterocycles. The van der Waals surface area contributed by atoms with Crippen molar-refractivity contribution in [2.24, 2.45) is 5.41 Å². The first-order valence-corrected chi connectivity index (χ1v) is 16.1. The molecule has 0 aromatic heterocycles. The van der Waals surface area contributed by atoms with Crippen molar-refractivity contribution in [2.45, 2.75) is 69.4 Å². The van der Waals surface area contributed by atoms with Crippen molar-refractivity contribution in [1.82, 2.24) is 15.1 Å². The zero-order chi connectivity index (χ0) is 40.5. The third-order valence-electron chi connectivity index (χ3n) is 8.70. The Hall–Kier alpha value is -4.39. The minimum absolute atomic E-state index is 0.0499. The number of methoxy groups -OCH3 is 2. The molecule has 1 aliphatic carbocycles. The summed E-state index contributed by atoms with van der Waals surface area (Å²) in [5.41, 5.74) is 1.47. The lowest BCUT2D eigenvalue weighted by molar-refractivity contribution is -0.193. The van der Waals surface area contributed by atoms with Crippen molar-refractivity contribution in [2.75, 3.05) is 53.3 Å². The zero-order valence-corrected chi connectivity index (χ0v) is 29.9. The van der Waals surface area contributed by atoms with Gasteiger partial charge >= 0.3 is 30.3 Å². The predicted octanol–water partition coefficient (Wildman–Crippen LogP) is 6.52. The number of fused-ring (bicyclic) bond motifs is 1. The Morgan fingerprint density at radius 1 is 0.887 bits per heavy atom. The van der Waals surface area contributed by atoms with E-state index in [0.717, 1.165) is 63.2 Å². The Morgan fingerprint density at radius 3 is 1.94 bits per heavy atom. The van der Waals surface area contributed by atoms with Crippen LogP contribution < -0.4 is 20.1 Å². The number of halogens is 8. The predicted molar refractivity (Wildman–Crippen MR) is 177 cm³/mol. The summed E-state index contributed by atoms with van der Waals surface area (Å²) in [5, 5.41) is 20.0. The lowest BCUT2D eigenvalue weighted by atomic mass is 9.65. The number of anilines is 1. The van der Waals surface area contributed by atoms with E-state index in [1.54, 1.807) is 14.2 Å². The van der Waals surface area contributed by atoms with Gasteiger partial charge in [-0.25, -0.2) is 23.2 Å². The van der Waals surface area contributed by atoms with Crippen molar-refractivity contribution >= 4 is 23.7 Å². The van der Waals surface area contributed by atoms with Crippen molar-refractivity contribution in [3.8, 4) is 11.5 Å². The van der Waals surface area contributed by atoms with E-state index < -0.39 is 42.0 Å². The SMILES string of the molecule is COc1ccc(C23CCC(NC(=O)Nc4ccc(F)c(F)c4)CC2N(CC(C)(C)CN(C)C)CC3)cc1OC.O=C(O)C(F)(F)F.O=C(O)C(F)(F)F. The Kier molecular flexibility index (Phi) is 15.3. The second kappa shape index (κ2) is 18.1. The first kappa shape index (κ1) is 44.8. The van der Waals surface area contributed by atoms with Crippen LogP contribution in [0, 0.1) is 17.0 Å². The quantitative estimate of drug-likeness (QED) is 0.210. The summed E-state index contributed by atoms with van der Waals surface area (Å²) >= 11 is 0. The van der Waals surface area contributed by atoms with Gasteiger partial charge in [-0.3, -0.25) is 4.90 Å². The number of carboxylic acid groups (broad SMARTS) is 2. The largest absolute Gasteiger partial charge is 0.493 e. The van der Waals surface area contributed by atoms with Gasteiger partial charge in [-0.15, -0.1) is 0 Å². The second-order valence-electron chi connectivity index (χ2n) is 13.7. The van der Waals surface area contributed by atoms with E-state index in [2.05, 4.69) is 60.5 Å². The van der Waals surface area contributed by atoms with Crippen LogP contribution in [-0.4, -0.2) is 110 Å². The highest BCUT2D eigenvalue weighted by Gasteiger charge is 2.52. The zero-order valence-electron chi connectivity index (χ0n) is 29.9. The number of hydrogen-bond acceptors (Lipinski definition) is 7. The number of alkyl halides is 6. The summed E-state index contributed by atoms with van der Waals surface area (Å²) in [5.74, 6) is -6.02. The van der Waals surface area contributed by atoms with Crippen LogP contribution in [0.15, 0.2) is 36.4 Å². The molecule has 53 heavy (non-hydrogen) atoms. The summed E-state index contributed by atoms with van der Waals surface area (Å²) in [4.78, 5) is 35.4. The molecule has 3 atom stereocenters. The highest BCUT2D eigenvalue weighted by molar-refractivity contribution is 5.89. The lowest BCUT2D eigenvalue weighted by Gasteiger charge is -2.47. The number of carbonyl (C=O) groups excluding carboxylic acids is 1. The molecule has 2 aliphatic rings. The average Bonchev–Trinajstić information content (AvgIpc) is 3.39. The molecule has 19 heteroatoms. The first-order valence-electron chi connectivity index (χ1n) is 16.1. The number of urea groups is 1. The molecule has 1 saturated carbocycles. The summed E-state index contributed by atoms with van der Waals surface area (Å²) in [7, 11) is 7.51. The van der Waals surface area contributed by atoms with Gasteiger partial charge in [0.25, 0.3) is 0 Å². The van der Waals surface area contributed by atoms with E-state index in [0.29, 0.717) is 5.75 Å². The molecule has 1 saturated heterocycles. The van der Waals surface area contributed by atoms with Crippen LogP contribution >= 0.6 is 0 Å². The molecular formula is C34H44F8N4O7. The Morgan fingerprint density at radius 2 is 1.45 bits per heavy atom. The highest BCUT2D eigenvalue weighted by atomic mass is 19.4. The van der Waals surface area contributed by atoms with Crippen LogP contribution in [0.25, 0.3) is 0 Å². The van der Waals surface area contributed by atoms with Crippen LogP contribution in [0.3, 0.4) is 0 Å². The van der Waals surface area contributed by atoms with Gasteiger partial charge in [0, 0.05) is 42.3 Å². The van der Waals surface area contributed by atoms with Gasteiger partial charge in [-0.05, 0) is 81.6 Å². The maximum Gasteiger partial charge on any atom is 0.490 e. The Bertz CT molecular complexity index is 1550. The molecule has 1 aliphatic heterocycles. The molecule has 4 rings (SSSR count). The number of hydrogen-bond donors (Lipinski definition) is 4. The van der Waals surface area contributed by atoms with Crippen molar-refractivity contribution in [3.05, 3.63) is 53.6 Å². The molecule has 0 bridgehead atoms. The number of benzene rings is 2. The van der Waals surface area contributed by atoms with Gasteiger partial charge in [0.2, 0.25) is 0 Å². The van der Waals surface area contributed by atoms with Gasteiger partial charge in [-0.1, -0.05) is 19.9 Å². The van der Waals surface area contributed by atoms with Gasteiger partial charge in [-0.2, -0.15) is 26.3 Å². The lowest BCUT2D eigenvalue weighted by Crippen LogP contribution is -2.54. The molecular weight excluding hydrogens is 728 g/mol. The maximum absolute atomic E-state index is 13.6. The summed E-state index contributed by atoms with van der Waals surface area (Å²) in [6.45, 7) is 7.49. The molecule has 11 nitrogen and oxygen atoms in total. The number of aliphatic carboxylic acids is 2. The number of nitrogens with one attached hydrogen (secondary N) is 2. The third-order valence-corrected chi connectivity index (χ3v) is 8.70. The van der Waals surface area contributed by atoms with E-state index in [1.807, 2.05) is 6.07 Å². The number of amides is 2. The number of nitrogens with zero attached hydrogens (tertiary/aromatic N) is 2. The van der Waals surface area contributed by atoms with Gasteiger partial charge in [0.1, 0.15) is 0 Å². The number of likely N-dealkylation sites (tertiary alicyclic amines) is 1. The minimum atomic E-state index is -5.08. The summed E-state index contributed by atoms with van der Waals surface area (Å²) in [6, 6.07) is 9.37. The van der Waals surface area contributed by atoms with E-state index in [9.17, 15) is 39.9 Å². The fourth-order valence-electron chi connectivity index (χ4n) is 6.83. The average molecular weight is 773 g/mol. The number of ether oxygens (including phenoxy) is 2. The molecule has 298 valence electrons. The Labute approximate surface area is 301 Å². The van der Waals surface area contributed by atoms with E-state index >= 15 is 0 Å². The van der Waals surface area contributed by atoms with Crippen LogP contribution in [0.1, 0.15) is 45.1 Å². The number of rotatable bonds is 9. The number of carboxylic acids is 2. The molecule has 2 fully saturated rings. The highest BCUT2D eigenvalue weighted by Crippen LogP contribution is 2.51. The van der Waals surface area contributed by atoms with Crippen LogP contribution in [0.4, 0.5) is 45.6 Å². The van der Waals surface area contributed by atoms with E-state index in [-0.39, 0.29) is 28.6 Å². The molecule has 2 aromatic rings. The van der Waals surface area contributed by atoms with Gasteiger partial charge in [0.05, 0.1) is 14.2 Å². The monoisotopic (exact) mass is 772 g/mol. The molecule has 0 radical (unpaired) electrons. The minimum Gasteiger partial charge on any atom is -0.493 e. The molecule has 3 unspecified atom stereocenters. The third kappa shape index (κ3) is 12.9.